The highest BCUT2D eigenvalue weighted by Crippen LogP contribution is 2.17. The summed E-state index contributed by atoms with van der Waals surface area (Å²) in [4.78, 5) is 59.2. The molecule has 0 spiro atoms. The molecule has 1 fully saturated rings. The Morgan fingerprint density at radius 1 is 1.16 bits per heavy atom. The molecule has 31 heavy (non-hydrogen) atoms. The molecule has 0 atom stereocenters. The van der Waals surface area contributed by atoms with Crippen LogP contribution in [0.3, 0.4) is 0 Å². The summed E-state index contributed by atoms with van der Waals surface area (Å²) in [6.07, 6.45) is 3.73. The molecule has 11 heteroatoms. The molecular formula is C20H27N5O6. The molecule has 1 aliphatic heterocycles. The van der Waals surface area contributed by atoms with Crippen molar-refractivity contribution in [3.05, 3.63) is 18.0 Å². The molecule has 168 valence electrons. The first kappa shape index (κ1) is 23.9. The first-order valence-corrected chi connectivity index (χ1v) is 9.90. The molecular weight excluding hydrogens is 406 g/mol. The third-order valence-corrected chi connectivity index (χ3v) is 4.04. The summed E-state index contributed by atoms with van der Waals surface area (Å²) in [6.45, 7) is 7.76. The summed E-state index contributed by atoms with van der Waals surface area (Å²) in [5.41, 5.74) is 3.54. The molecule has 1 aromatic heterocycles. The van der Waals surface area contributed by atoms with Crippen molar-refractivity contribution >= 4 is 29.4 Å². The van der Waals surface area contributed by atoms with Gasteiger partial charge in [-0.2, -0.15) is 5.10 Å². The second-order valence-electron chi connectivity index (χ2n) is 8.22. The van der Waals surface area contributed by atoms with Gasteiger partial charge in [-0.05, 0) is 18.8 Å². The smallest absolute Gasteiger partial charge is 0.333 e. The van der Waals surface area contributed by atoms with Gasteiger partial charge < -0.3 is 9.57 Å². The molecule has 0 aromatic carbocycles. The second kappa shape index (κ2) is 10.6. The Kier molecular flexibility index (Phi) is 8.17. The van der Waals surface area contributed by atoms with Gasteiger partial charge in [-0.25, -0.2) is 20.2 Å². The van der Waals surface area contributed by atoms with Gasteiger partial charge in [0.25, 0.3) is 11.8 Å². The zero-order chi connectivity index (χ0) is 23.0. The highest BCUT2D eigenvalue weighted by molar-refractivity contribution is 6.01. The summed E-state index contributed by atoms with van der Waals surface area (Å²) in [7, 11) is 0. The fourth-order valence-electron chi connectivity index (χ4n) is 2.49. The molecule has 0 unspecified atom stereocenters. The Labute approximate surface area is 180 Å². The minimum Gasteiger partial charge on any atom is -0.463 e. The van der Waals surface area contributed by atoms with Crippen molar-refractivity contribution in [3.8, 4) is 6.01 Å². The number of carbonyl (C=O) groups is 4. The molecule has 11 nitrogen and oxygen atoms in total. The molecule has 2 rings (SSSR count). The fraction of sp³-hybridized carbons (Fsp3) is 0.550. The van der Waals surface area contributed by atoms with E-state index in [0.717, 1.165) is 0 Å². The van der Waals surface area contributed by atoms with Crippen molar-refractivity contribution < 1.29 is 28.8 Å². The zero-order valence-corrected chi connectivity index (χ0v) is 18.1. The van der Waals surface area contributed by atoms with E-state index in [1.54, 1.807) is 6.92 Å². The fourth-order valence-corrected chi connectivity index (χ4v) is 2.49. The average molecular weight is 433 g/mol. The summed E-state index contributed by atoms with van der Waals surface area (Å²) in [5, 5.41) is 4.56. The van der Waals surface area contributed by atoms with E-state index < -0.39 is 17.8 Å². The van der Waals surface area contributed by atoms with Crippen LogP contribution < -0.4 is 10.2 Å². The van der Waals surface area contributed by atoms with Crippen LogP contribution in [0.1, 0.15) is 65.4 Å². The number of hydrogen-bond acceptors (Lipinski definition) is 9. The Morgan fingerprint density at radius 3 is 2.35 bits per heavy atom. The van der Waals surface area contributed by atoms with Crippen LogP contribution in [0.25, 0.3) is 0 Å². The lowest BCUT2D eigenvalue weighted by molar-refractivity contribution is -0.197. The number of aromatic nitrogens is 2. The van der Waals surface area contributed by atoms with Gasteiger partial charge in [-0.3, -0.25) is 14.4 Å². The quantitative estimate of drug-likeness (QED) is 0.267. The summed E-state index contributed by atoms with van der Waals surface area (Å²) >= 11 is 0. The van der Waals surface area contributed by atoms with E-state index in [9.17, 15) is 19.2 Å². The van der Waals surface area contributed by atoms with Crippen LogP contribution in [0, 0.1) is 5.41 Å². The van der Waals surface area contributed by atoms with Gasteiger partial charge in [0, 0.05) is 37.2 Å². The van der Waals surface area contributed by atoms with Gasteiger partial charge in [-0.15, -0.1) is 5.06 Å². The van der Waals surface area contributed by atoms with Gasteiger partial charge >= 0.3 is 12.0 Å². The minimum absolute atomic E-state index is 0.0326. The van der Waals surface area contributed by atoms with Crippen LogP contribution >= 0.6 is 0 Å². The Bertz CT molecular complexity index is 844. The number of nitrogens with zero attached hydrogens (tertiary/aromatic N) is 4. The normalized spacial score (nSPS) is 14.6. The molecule has 1 aromatic rings. The molecule has 1 N–H and O–H groups in total. The number of rotatable bonds is 9. The number of nitrogens with one attached hydrogen (secondary N) is 1. The Balaban J connectivity index is 1.72. The number of hydrazone groups is 1. The summed E-state index contributed by atoms with van der Waals surface area (Å²) in [5.74, 6) is -1.90. The van der Waals surface area contributed by atoms with Crippen LogP contribution in [-0.4, -0.2) is 51.0 Å². The van der Waals surface area contributed by atoms with Crippen LogP contribution in [0.4, 0.5) is 0 Å². The number of amides is 3. The van der Waals surface area contributed by atoms with Crippen molar-refractivity contribution in [2.24, 2.45) is 10.5 Å². The van der Waals surface area contributed by atoms with Crippen LogP contribution in [0.2, 0.25) is 0 Å². The Hall–Kier alpha value is -3.37. The lowest BCUT2D eigenvalue weighted by Gasteiger charge is -2.16. The Morgan fingerprint density at radius 2 is 1.77 bits per heavy atom. The van der Waals surface area contributed by atoms with E-state index >= 15 is 0 Å². The molecule has 0 aliphatic carbocycles. The maximum atomic E-state index is 11.8. The highest BCUT2D eigenvalue weighted by atomic mass is 16.7. The van der Waals surface area contributed by atoms with Crippen LogP contribution in [-0.2, 0) is 24.0 Å². The van der Waals surface area contributed by atoms with Crippen LogP contribution in [0.15, 0.2) is 17.5 Å². The van der Waals surface area contributed by atoms with Gasteiger partial charge in [0.1, 0.15) is 0 Å². The van der Waals surface area contributed by atoms with E-state index in [-0.39, 0.29) is 43.2 Å². The SMILES string of the molecule is C/C(=N/NC(=O)CC(C)(C)C)c1cnc(OCCCC(=O)ON2C(=O)CCC2=O)nc1. The molecule has 0 bridgehead atoms. The van der Waals surface area contributed by atoms with E-state index in [4.69, 9.17) is 9.57 Å². The van der Waals surface area contributed by atoms with Gasteiger partial charge in [-0.1, -0.05) is 20.8 Å². The summed E-state index contributed by atoms with van der Waals surface area (Å²) in [6, 6.07) is 0.117. The second-order valence-corrected chi connectivity index (χ2v) is 8.22. The van der Waals surface area contributed by atoms with Crippen molar-refractivity contribution in [1.29, 1.82) is 0 Å². The predicted octanol–water partition coefficient (Wildman–Crippen LogP) is 1.52. The maximum Gasteiger partial charge on any atom is 0.333 e. The molecule has 0 radical (unpaired) electrons. The van der Waals surface area contributed by atoms with Gasteiger partial charge in [0.2, 0.25) is 5.91 Å². The molecule has 0 saturated carbocycles. The molecule has 1 saturated heterocycles. The minimum atomic E-state index is -0.691. The standard InChI is InChI=1S/C20H27N5O6/c1-13(23-24-15(26)10-20(2,3)4)14-11-21-19(22-12-14)30-9-5-6-18(29)31-25-16(27)7-8-17(25)28/h11-12H,5-10H2,1-4H3,(H,24,26)/b23-13-. The predicted molar refractivity (Wildman–Crippen MR) is 108 cm³/mol. The van der Waals surface area contributed by atoms with Gasteiger partial charge in [0.05, 0.1) is 18.7 Å². The monoisotopic (exact) mass is 433 g/mol. The number of hydrogen-bond donors (Lipinski definition) is 1. The number of carbonyl (C=O) groups excluding carboxylic acids is 4. The van der Waals surface area contributed by atoms with Crippen LogP contribution in [0.5, 0.6) is 6.01 Å². The lowest BCUT2D eigenvalue weighted by Crippen LogP contribution is -2.32. The first-order chi connectivity index (χ1) is 14.5. The first-order valence-electron chi connectivity index (χ1n) is 9.90. The topological polar surface area (TPSA) is 140 Å². The van der Waals surface area contributed by atoms with E-state index in [1.807, 2.05) is 20.8 Å². The number of ether oxygens (including phenoxy) is 1. The van der Waals surface area contributed by atoms with E-state index in [2.05, 4.69) is 20.5 Å². The average Bonchev–Trinajstić information content (AvgIpc) is 3.00. The van der Waals surface area contributed by atoms with Crippen molar-refractivity contribution in [1.82, 2.24) is 20.5 Å². The zero-order valence-electron chi connectivity index (χ0n) is 18.1. The maximum absolute atomic E-state index is 11.8. The summed E-state index contributed by atoms with van der Waals surface area (Å²) < 4.78 is 5.37. The molecule has 3 amide bonds. The lowest BCUT2D eigenvalue weighted by atomic mass is 9.92. The van der Waals surface area contributed by atoms with Crippen molar-refractivity contribution in [2.45, 2.75) is 59.8 Å². The van der Waals surface area contributed by atoms with E-state index in [0.29, 0.717) is 29.2 Å². The molecule has 2 heterocycles. The largest absolute Gasteiger partial charge is 0.463 e. The third-order valence-electron chi connectivity index (χ3n) is 4.04. The van der Waals surface area contributed by atoms with Crippen molar-refractivity contribution in [2.75, 3.05) is 6.61 Å². The molecule has 1 aliphatic rings. The van der Waals surface area contributed by atoms with Gasteiger partial charge in [0.15, 0.2) is 0 Å². The highest BCUT2D eigenvalue weighted by Gasteiger charge is 2.32. The van der Waals surface area contributed by atoms with E-state index in [1.165, 1.54) is 12.4 Å². The number of imide groups is 1. The van der Waals surface area contributed by atoms with Crippen molar-refractivity contribution in [3.63, 3.8) is 0 Å². The third kappa shape index (κ3) is 8.11. The number of hydroxylamine groups is 2.